The van der Waals surface area contributed by atoms with Crippen molar-refractivity contribution >= 4 is 11.3 Å². The van der Waals surface area contributed by atoms with Gasteiger partial charge >= 0.3 is 0 Å². The number of nitrogens with zero attached hydrogens (tertiary/aromatic N) is 5. The molecule has 6 nitrogen and oxygen atoms in total. The van der Waals surface area contributed by atoms with Gasteiger partial charge in [0, 0.05) is 35.7 Å². The molecule has 1 unspecified atom stereocenters. The van der Waals surface area contributed by atoms with Gasteiger partial charge in [-0.15, -0.1) is 0 Å². The van der Waals surface area contributed by atoms with Crippen LogP contribution in [-0.2, 0) is 18.3 Å². The van der Waals surface area contributed by atoms with E-state index in [0.29, 0.717) is 6.04 Å². The summed E-state index contributed by atoms with van der Waals surface area (Å²) in [5.41, 5.74) is 4.54. The van der Waals surface area contributed by atoms with Gasteiger partial charge in [0.25, 0.3) is 0 Å². The van der Waals surface area contributed by atoms with E-state index in [1.165, 1.54) is 11.3 Å². The third kappa shape index (κ3) is 3.08. The van der Waals surface area contributed by atoms with Gasteiger partial charge < -0.3 is 5.32 Å². The van der Waals surface area contributed by atoms with Crippen molar-refractivity contribution in [1.29, 1.82) is 0 Å². The zero-order valence-corrected chi connectivity index (χ0v) is 15.2. The van der Waals surface area contributed by atoms with E-state index in [4.69, 9.17) is 5.10 Å². The number of rotatable bonds is 2. The minimum absolute atomic E-state index is 0.0161. The monoisotopic (exact) mass is 336 g/mol. The summed E-state index contributed by atoms with van der Waals surface area (Å²) >= 11 is 0. The Morgan fingerprint density at radius 3 is 2.88 bits per heavy atom. The van der Waals surface area contributed by atoms with E-state index in [2.05, 4.69) is 47.1 Å². The number of fused-ring (bicyclic) bond motifs is 2. The van der Waals surface area contributed by atoms with Crippen molar-refractivity contribution in [2.75, 3.05) is 5.32 Å². The number of hydrogen-bond donors (Lipinski definition) is 1. The molecule has 1 atom stereocenters. The zero-order valence-electron chi connectivity index (χ0n) is 15.2. The average Bonchev–Trinajstić information content (AvgIpc) is 3.01. The molecule has 130 valence electrons. The van der Waals surface area contributed by atoms with E-state index in [0.717, 1.165) is 42.1 Å². The lowest BCUT2D eigenvalue weighted by Crippen LogP contribution is -2.28. The summed E-state index contributed by atoms with van der Waals surface area (Å²) in [6.07, 6.45) is 8.63. The topological polar surface area (TPSA) is 68.0 Å². The number of anilines is 1. The van der Waals surface area contributed by atoms with Gasteiger partial charge in [-0.05, 0) is 37.8 Å². The second kappa shape index (κ2) is 5.79. The minimum atomic E-state index is 0.0161. The molecule has 1 N–H and O–H groups in total. The van der Waals surface area contributed by atoms with E-state index in [1.54, 1.807) is 6.20 Å². The van der Waals surface area contributed by atoms with Gasteiger partial charge in [-0.2, -0.15) is 5.10 Å². The Balaban J connectivity index is 1.61. The van der Waals surface area contributed by atoms with Crippen LogP contribution in [0.15, 0.2) is 24.7 Å². The van der Waals surface area contributed by atoms with Gasteiger partial charge in [0.05, 0.1) is 5.69 Å². The maximum atomic E-state index is 4.70. The molecule has 3 aromatic rings. The lowest BCUT2D eigenvalue weighted by atomic mass is 9.92. The van der Waals surface area contributed by atoms with Crippen molar-refractivity contribution in [3.8, 4) is 0 Å². The third-order valence-electron chi connectivity index (χ3n) is 4.77. The standard InChI is InChI=1S/C19H24N6/c1-12-21-11-13-9-14(5-6-15(13)22-12)23-18-16-10-17(19(2,3)4)24-25(16)8-7-20-18/h7-8,10-11,14H,5-6,9H2,1-4H3,(H,20,23). The summed E-state index contributed by atoms with van der Waals surface area (Å²) < 4.78 is 1.92. The molecule has 0 saturated carbocycles. The van der Waals surface area contributed by atoms with Crippen molar-refractivity contribution in [1.82, 2.24) is 24.6 Å². The highest BCUT2D eigenvalue weighted by Crippen LogP contribution is 2.27. The summed E-state index contributed by atoms with van der Waals surface area (Å²) in [6.45, 7) is 8.47. The van der Waals surface area contributed by atoms with Crippen molar-refractivity contribution in [3.63, 3.8) is 0 Å². The van der Waals surface area contributed by atoms with Crippen LogP contribution in [0.5, 0.6) is 0 Å². The van der Waals surface area contributed by atoms with Crippen LogP contribution in [0.3, 0.4) is 0 Å². The number of hydrogen-bond acceptors (Lipinski definition) is 5. The van der Waals surface area contributed by atoms with E-state index < -0.39 is 0 Å². The second-order valence-corrected chi connectivity index (χ2v) is 7.86. The van der Waals surface area contributed by atoms with Gasteiger partial charge in [0.15, 0.2) is 5.82 Å². The summed E-state index contributed by atoms with van der Waals surface area (Å²) in [5, 5.41) is 8.32. The van der Waals surface area contributed by atoms with Gasteiger partial charge in [0.2, 0.25) is 0 Å². The molecule has 1 aliphatic rings. The van der Waals surface area contributed by atoms with Crippen LogP contribution < -0.4 is 5.32 Å². The molecule has 6 heteroatoms. The molecule has 0 amide bonds. The molecular weight excluding hydrogens is 312 g/mol. The van der Waals surface area contributed by atoms with Crippen molar-refractivity contribution in [2.24, 2.45) is 0 Å². The SMILES string of the molecule is Cc1ncc2c(n1)CCC(Nc1nccn3nc(C(C)(C)C)cc13)C2. The number of aromatic nitrogens is 5. The minimum Gasteiger partial charge on any atom is -0.365 e. The van der Waals surface area contributed by atoms with Gasteiger partial charge in [-0.3, -0.25) is 0 Å². The fourth-order valence-corrected chi connectivity index (χ4v) is 3.32. The maximum absolute atomic E-state index is 4.70. The molecule has 0 fully saturated rings. The first-order chi connectivity index (χ1) is 11.9. The summed E-state index contributed by atoms with van der Waals surface area (Å²) in [7, 11) is 0. The highest BCUT2D eigenvalue weighted by atomic mass is 15.2. The Bertz CT molecular complexity index is 921. The van der Waals surface area contributed by atoms with Crippen molar-refractivity contribution in [2.45, 2.75) is 58.4 Å². The highest BCUT2D eigenvalue weighted by molar-refractivity contribution is 5.68. The number of aryl methyl sites for hydroxylation is 2. The molecule has 0 aliphatic heterocycles. The zero-order chi connectivity index (χ0) is 17.6. The van der Waals surface area contributed by atoms with Crippen LogP contribution in [0.2, 0.25) is 0 Å². The molecule has 4 rings (SSSR count). The summed E-state index contributed by atoms with van der Waals surface area (Å²) in [4.78, 5) is 13.5. The van der Waals surface area contributed by atoms with Crippen LogP contribution in [0.4, 0.5) is 5.82 Å². The molecule has 0 radical (unpaired) electrons. The quantitative estimate of drug-likeness (QED) is 0.779. The Labute approximate surface area is 147 Å². The molecule has 0 spiro atoms. The van der Waals surface area contributed by atoms with Gasteiger partial charge in [-0.25, -0.2) is 19.5 Å². The van der Waals surface area contributed by atoms with Crippen LogP contribution in [0.1, 0.15) is 50.0 Å². The summed E-state index contributed by atoms with van der Waals surface area (Å²) in [6, 6.07) is 2.48. The van der Waals surface area contributed by atoms with Gasteiger partial charge in [-0.1, -0.05) is 20.8 Å². The predicted octanol–water partition coefficient (Wildman–Crippen LogP) is 3.09. The third-order valence-corrected chi connectivity index (χ3v) is 4.77. The van der Waals surface area contributed by atoms with Crippen LogP contribution in [0.25, 0.3) is 5.52 Å². The molecule has 0 bridgehead atoms. The molecule has 0 aromatic carbocycles. The largest absolute Gasteiger partial charge is 0.365 e. The van der Waals surface area contributed by atoms with E-state index in [1.807, 2.05) is 23.8 Å². The Hall–Kier alpha value is -2.50. The fraction of sp³-hybridized carbons (Fsp3) is 0.474. The molecule has 0 saturated heterocycles. The highest BCUT2D eigenvalue weighted by Gasteiger charge is 2.23. The summed E-state index contributed by atoms with van der Waals surface area (Å²) in [5.74, 6) is 1.75. The van der Waals surface area contributed by atoms with Crippen LogP contribution in [0, 0.1) is 6.92 Å². The van der Waals surface area contributed by atoms with E-state index >= 15 is 0 Å². The van der Waals surface area contributed by atoms with E-state index in [9.17, 15) is 0 Å². The lowest BCUT2D eigenvalue weighted by molar-refractivity contribution is 0.562. The molecule has 1 aliphatic carbocycles. The Morgan fingerprint density at radius 2 is 2.08 bits per heavy atom. The second-order valence-electron chi connectivity index (χ2n) is 7.86. The first kappa shape index (κ1) is 16.0. The molecule has 3 heterocycles. The first-order valence-electron chi connectivity index (χ1n) is 8.83. The van der Waals surface area contributed by atoms with Crippen molar-refractivity contribution < 1.29 is 0 Å². The van der Waals surface area contributed by atoms with Crippen LogP contribution >= 0.6 is 0 Å². The first-order valence-corrected chi connectivity index (χ1v) is 8.83. The Kier molecular flexibility index (Phi) is 3.71. The smallest absolute Gasteiger partial charge is 0.152 e. The normalized spacial score (nSPS) is 17.5. The van der Waals surface area contributed by atoms with E-state index in [-0.39, 0.29) is 5.41 Å². The number of nitrogens with one attached hydrogen (secondary N) is 1. The Morgan fingerprint density at radius 1 is 1.24 bits per heavy atom. The molecular formula is C19H24N6. The van der Waals surface area contributed by atoms with Crippen molar-refractivity contribution in [3.05, 3.63) is 47.4 Å². The van der Waals surface area contributed by atoms with Gasteiger partial charge in [0.1, 0.15) is 11.3 Å². The molecule has 25 heavy (non-hydrogen) atoms. The molecule has 3 aromatic heterocycles. The predicted molar refractivity (Wildman–Crippen MR) is 97.9 cm³/mol. The average molecular weight is 336 g/mol. The maximum Gasteiger partial charge on any atom is 0.152 e. The fourth-order valence-electron chi connectivity index (χ4n) is 3.32. The van der Waals surface area contributed by atoms with Crippen LogP contribution in [-0.4, -0.2) is 30.6 Å². The lowest BCUT2D eigenvalue weighted by Gasteiger charge is -2.25.